The molecule has 1 aliphatic rings. The molecule has 1 heterocycles. The van der Waals surface area contributed by atoms with Gasteiger partial charge in [0.05, 0.1) is 6.61 Å². The Morgan fingerprint density at radius 1 is 1.50 bits per heavy atom. The zero-order valence-corrected chi connectivity index (χ0v) is 7.01. The van der Waals surface area contributed by atoms with E-state index in [1.807, 2.05) is 6.92 Å². The first kappa shape index (κ1) is 9.67. The number of aliphatic hydroxyl groups excluding tert-OH is 2. The van der Waals surface area contributed by atoms with Crippen molar-refractivity contribution in [2.45, 2.75) is 25.4 Å². The van der Waals surface area contributed by atoms with E-state index in [1.165, 1.54) is 0 Å². The Morgan fingerprint density at radius 2 is 2.25 bits per heavy atom. The molecule has 0 saturated carbocycles. The molecular weight excluding hydrogens is 160 g/mol. The predicted molar refractivity (Wildman–Crippen MR) is 42.5 cm³/mol. The third kappa shape index (κ3) is 2.28. The smallest absolute Gasteiger partial charge is 0.177 e. The summed E-state index contributed by atoms with van der Waals surface area (Å²) >= 11 is 0. The Morgan fingerprint density at radius 3 is 2.83 bits per heavy atom. The number of ether oxygens (including phenoxy) is 2. The first-order chi connectivity index (χ1) is 5.77. The Bertz CT molecular complexity index is 157. The van der Waals surface area contributed by atoms with E-state index in [9.17, 15) is 5.11 Å². The van der Waals surface area contributed by atoms with Crippen LogP contribution in [0.15, 0.2) is 12.2 Å². The fourth-order valence-corrected chi connectivity index (χ4v) is 1.04. The van der Waals surface area contributed by atoms with Crippen LogP contribution in [0.3, 0.4) is 0 Å². The first-order valence-electron chi connectivity index (χ1n) is 4.02. The van der Waals surface area contributed by atoms with E-state index in [0.717, 1.165) is 0 Å². The van der Waals surface area contributed by atoms with Crippen molar-refractivity contribution in [3.05, 3.63) is 12.2 Å². The standard InChI is InChI=1S/C8H14O4/c1-2-11-8-4-3-6(10)7(5-9)12-8/h3-4,6-10H,2,5H2,1H3/t6-,7+,8+/m0/s1. The molecule has 0 spiro atoms. The van der Waals surface area contributed by atoms with Gasteiger partial charge in [0.2, 0.25) is 0 Å². The van der Waals surface area contributed by atoms with Crippen LogP contribution in [0.1, 0.15) is 6.92 Å². The summed E-state index contributed by atoms with van der Waals surface area (Å²) in [7, 11) is 0. The minimum absolute atomic E-state index is 0.199. The maximum atomic E-state index is 9.23. The van der Waals surface area contributed by atoms with Crippen LogP contribution in [-0.4, -0.2) is 41.9 Å². The van der Waals surface area contributed by atoms with Gasteiger partial charge in [-0.25, -0.2) is 0 Å². The van der Waals surface area contributed by atoms with Gasteiger partial charge in [0.25, 0.3) is 0 Å². The molecule has 1 aliphatic heterocycles. The van der Waals surface area contributed by atoms with Crippen molar-refractivity contribution in [3.63, 3.8) is 0 Å². The topological polar surface area (TPSA) is 58.9 Å². The van der Waals surface area contributed by atoms with Gasteiger partial charge in [-0.2, -0.15) is 0 Å². The molecule has 0 fully saturated rings. The lowest BCUT2D eigenvalue weighted by Crippen LogP contribution is -2.38. The summed E-state index contributed by atoms with van der Waals surface area (Å²) in [5.74, 6) is 0. The average molecular weight is 174 g/mol. The average Bonchev–Trinajstić information content (AvgIpc) is 2.09. The second-order valence-electron chi connectivity index (χ2n) is 2.56. The molecule has 0 unspecified atom stereocenters. The van der Waals surface area contributed by atoms with Crippen LogP contribution in [0.4, 0.5) is 0 Å². The van der Waals surface area contributed by atoms with Gasteiger partial charge in [-0.15, -0.1) is 0 Å². The highest BCUT2D eigenvalue weighted by Gasteiger charge is 2.24. The fourth-order valence-electron chi connectivity index (χ4n) is 1.04. The monoisotopic (exact) mass is 174 g/mol. The molecule has 0 bridgehead atoms. The Balaban J connectivity index is 2.46. The third-order valence-electron chi connectivity index (χ3n) is 1.67. The Labute approximate surface area is 71.4 Å². The lowest BCUT2D eigenvalue weighted by Gasteiger charge is -2.27. The summed E-state index contributed by atoms with van der Waals surface area (Å²) in [5, 5.41) is 18.0. The normalized spacial score (nSPS) is 35.4. The molecule has 0 amide bonds. The van der Waals surface area contributed by atoms with E-state index in [0.29, 0.717) is 6.61 Å². The Kier molecular flexibility index (Phi) is 3.68. The number of hydrogen-bond donors (Lipinski definition) is 2. The van der Waals surface area contributed by atoms with E-state index in [-0.39, 0.29) is 6.61 Å². The van der Waals surface area contributed by atoms with Crippen LogP contribution < -0.4 is 0 Å². The summed E-state index contributed by atoms with van der Waals surface area (Å²) in [6, 6.07) is 0. The zero-order chi connectivity index (χ0) is 8.97. The van der Waals surface area contributed by atoms with Crippen molar-refractivity contribution in [1.29, 1.82) is 0 Å². The van der Waals surface area contributed by atoms with Gasteiger partial charge in [-0.3, -0.25) is 0 Å². The van der Waals surface area contributed by atoms with Crippen molar-refractivity contribution in [2.75, 3.05) is 13.2 Å². The quantitative estimate of drug-likeness (QED) is 0.574. The fraction of sp³-hybridized carbons (Fsp3) is 0.750. The largest absolute Gasteiger partial charge is 0.394 e. The molecule has 1 rings (SSSR count). The molecule has 0 radical (unpaired) electrons. The molecule has 2 N–H and O–H groups in total. The minimum atomic E-state index is -0.730. The highest BCUT2D eigenvalue weighted by atomic mass is 16.7. The number of rotatable bonds is 3. The molecule has 12 heavy (non-hydrogen) atoms. The number of hydrogen-bond acceptors (Lipinski definition) is 4. The van der Waals surface area contributed by atoms with Gasteiger partial charge >= 0.3 is 0 Å². The van der Waals surface area contributed by atoms with Crippen LogP contribution in [0, 0.1) is 0 Å². The van der Waals surface area contributed by atoms with Gasteiger partial charge in [0.1, 0.15) is 12.2 Å². The molecule has 0 aromatic heterocycles. The summed E-state index contributed by atoms with van der Waals surface area (Å²) in [5.41, 5.74) is 0. The molecule has 0 aromatic carbocycles. The van der Waals surface area contributed by atoms with E-state index in [4.69, 9.17) is 14.6 Å². The summed E-state index contributed by atoms with van der Waals surface area (Å²) in [6.45, 7) is 2.20. The van der Waals surface area contributed by atoms with Crippen molar-refractivity contribution in [2.24, 2.45) is 0 Å². The summed E-state index contributed by atoms with van der Waals surface area (Å²) in [6.07, 6.45) is 1.49. The van der Waals surface area contributed by atoms with E-state index >= 15 is 0 Å². The van der Waals surface area contributed by atoms with Gasteiger partial charge in [0.15, 0.2) is 6.29 Å². The maximum absolute atomic E-state index is 9.23. The maximum Gasteiger partial charge on any atom is 0.177 e. The Hall–Kier alpha value is -0.420. The van der Waals surface area contributed by atoms with Crippen molar-refractivity contribution < 1.29 is 19.7 Å². The molecule has 4 heteroatoms. The predicted octanol–water partition coefficient (Wildman–Crippen LogP) is -0.343. The summed E-state index contributed by atoms with van der Waals surface area (Å²) in [4.78, 5) is 0. The molecule has 3 atom stereocenters. The van der Waals surface area contributed by atoms with E-state index in [2.05, 4.69) is 0 Å². The molecule has 4 nitrogen and oxygen atoms in total. The lowest BCUT2D eigenvalue weighted by molar-refractivity contribution is -0.177. The van der Waals surface area contributed by atoms with E-state index in [1.54, 1.807) is 12.2 Å². The summed E-state index contributed by atoms with van der Waals surface area (Å²) < 4.78 is 10.3. The lowest BCUT2D eigenvalue weighted by atomic mass is 10.1. The molecule has 70 valence electrons. The van der Waals surface area contributed by atoms with Crippen LogP contribution in [-0.2, 0) is 9.47 Å². The SMILES string of the molecule is CCO[C@H]1C=C[C@H](O)[C@@H](CO)O1. The van der Waals surface area contributed by atoms with Gasteiger partial charge < -0.3 is 19.7 Å². The second kappa shape index (κ2) is 4.57. The molecular formula is C8H14O4. The van der Waals surface area contributed by atoms with Crippen LogP contribution >= 0.6 is 0 Å². The minimum Gasteiger partial charge on any atom is -0.394 e. The van der Waals surface area contributed by atoms with Crippen LogP contribution in [0.2, 0.25) is 0 Å². The van der Waals surface area contributed by atoms with Crippen LogP contribution in [0.5, 0.6) is 0 Å². The van der Waals surface area contributed by atoms with Crippen molar-refractivity contribution in [1.82, 2.24) is 0 Å². The third-order valence-corrected chi connectivity index (χ3v) is 1.67. The van der Waals surface area contributed by atoms with Gasteiger partial charge in [-0.05, 0) is 13.0 Å². The van der Waals surface area contributed by atoms with Crippen LogP contribution in [0.25, 0.3) is 0 Å². The molecule has 0 aliphatic carbocycles. The highest BCUT2D eigenvalue weighted by molar-refractivity contribution is 4.99. The van der Waals surface area contributed by atoms with Crippen molar-refractivity contribution >= 4 is 0 Å². The van der Waals surface area contributed by atoms with Gasteiger partial charge in [-0.1, -0.05) is 6.08 Å². The van der Waals surface area contributed by atoms with Crippen molar-refractivity contribution in [3.8, 4) is 0 Å². The first-order valence-corrected chi connectivity index (χ1v) is 4.02. The molecule has 0 saturated heterocycles. The van der Waals surface area contributed by atoms with Gasteiger partial charge in [0, 0.05) is 6.61 Å². The number of aliphatic hydroxyl groups is 2. The highest BCUT2D eigenvalue weighted by Crippen LogP contribution is 2.13. The van der Waals surface area contributed by atoms with E-state index < -0.39 is 18.5 Å². The molecule has 0 aromatic rings. The zero-order valence-electron chi connectivity index (χ0n) is 7.01. The second-order valence-corrected chi connectivity index (χ2v) is 2.56.